The van der Waals surface area contributed by atoms with E-state index >= 15 is 0 Å². The lowest BCUT2D eigenvalue weighted by Crippen LogP contribution is -2.05. The van der Waals surface area contributed by atoms with Crippen molar-refractivity contribution in [3.05, 3.63) is 66.9 Å². The topological polar surface area (TPSA) is 66.9 Å². The summed E-state index contributed by atoms with van der Waals surface area (Å²) in [6.07, 6.45) is 1.72. The molecular weight excluding hydrogens is 312 g/mol. The molecule has 0 saturated carbocycles. The van der Waals surface area contributed by atoms with Gasteiger partial charge in [0, 0.05) is 18.3 Å². The predicted molar refractivity (Wildman–Crippen MR) is 101 cm³/mol. The van der Waals surface area contributed by atoms with Crippen molar-refractivity contribution in [3.8, 4) is 0 Å². The number of hydrogen-bond acceptors (Lipinski definition) is 4. The molecule has 3 aromatic carbocycles. The van der Waals surface area contributed by atoms with Gasteiger partial charge in [0.1, 0.15) is 5.82 Å². The number of rotatable bonds is 3. The van der Waals surface area contributed by atoms with Crippen molar-refractivity contribution >= 4 is 44.9 Å². The molecule has 0 spiro atoms. The average molecular weight is 328 g/mol. The van der Waals surface area contributed by atoms with Crippen LogP contribution in [0.15, 0.2) is 66.9 Å². The van der Waals surface area contributed by atoms with E-state index in [1.807, 2.05) is 48.5 Å². The smallest absolute Gasteiger partial charge is 0.221 e. The van der Waals surface area contributed by atoms with Crippen molar-refractivity contribution in [3.63, 3.8) is 0 Å². The molecule has 2 N–H and O–H groups in total. The Morgan fingerprint density at radius 1 is 0.880 bits per heavy atom. The van der Waals surface area contributed by atoms with Crippen LogP contribution in [0.25, 0.3) is 21.8 Å². The minimum atomic E-state index is -0.0895. The van der Waals surface area contributed by atoms with E-state index in [4.69, 9.17) is 0 Å². The Kier molecular flexibility index (Phi) is 3.74. The lowest BCUT2D eigenvalue weighted by atomic mass is 10.1. The van der Waals surface area contributed by atoms with Crippen LogP contribution in [0.3, 0.4) is 0 Å². The van der Waals surface area contributed by atoms with Crippen LogP contribution in [0.5, 0.6) is 0 Å². The van der Waals surface area contributed by atoms with E-state index in [0.717, 1.165) is 33.2 Å². The monoisotopic (exact) mass is 328 g/mol. The summed E-state index contributed by atoms with van der Waals surface area (Å²) in [7, 11) is 0. The van der Waals surface area contributed by atoms with Gasteiger partial charge in [0.15, 0.2) is 0 Å². The summed E-state index contributed by atoms with van der Waals surface area (Å²) in [5.74, 6) is 0.586. The molecule has 0 aliphatic carbocycles. The van der Waals surface area contributed by atoms with Crippen LogP contribution in [0.1, 0.15) is 6.92 Å². The van der Waals surface area contributed by atoms with Gasteiger partial charge in [-0.2, -0.15) is 0 Å². The van der Waals surface area contributed by atoms with Crippen molar-refractivity contribution < 1.29 is 4.79 Å². The fourth-order valence-corrected chi connectivity index (χ4v) is 2.75. The summed E-state index contributed by atoms with van der Waals surface area (Å²) in [4.78, 5) is 20.2. The highest BCUT2D eigenvalue weighted by Gasteiger charge is 2.03. The highest BCUT2D eigenvalue weighted by atomic mass is 16.1. The second-order valence-corrected chi connectivity index (χ2v) is 5.83. The minimum Gasteiger partial charge on any atom is -0.339 e. The van der Waals surface area contributed by atoms with Crippen molar-refractivity contribution in [2.24, 2.45) is 0 Å². The van der Waals surface area contributed by atoms with Crippen molar-refractivity contribution in [1.29, 1.82) is 0 Å². The normalized spacial score (nSPS) is 10.8. The zero-order valence-electron chi connectivity index (χ0n) is 13.7. The number of aromatic nitrogens is 2. The summed E-state index contributed by atoms with van der Waals surface area (Å²) in [6, 6.07) is 19.7. The van der Waals surface area contributed by atoms with Gasteiger partial charge in [-0.25, -0.2) is 4.98 Å². The zero-order chi connectivity index (χ0) is 17.2. The first kappa shape index (κ1) is 15.1. The zero-order valence-corrected chi connectivity index (χ0v) is 13.7. The average Bonchev–Trinajstić information content (AvgIpc) is 2.61. The molecule has 0 aliphatic heterocycles. The number of carbonyl (C=O) groups excluding carboxylic acids is 1. The summed E-state index contributed by atoms with van der Waals surface area (Å²) in [6.45, 7) is 1.49. The van der Waals surface area contributed by atoms with Gasteiger partial charge in [0.2, 0.25) is 5.91 Å². The number of nitrogens with zero attached hydrogens (tertiary/aromatic N) is 2. The van der Waals surface area contributed by atoms with Crippen LogP contribution in [0, 0.1) is 0 Å². The summed E-state index contributed by atoms with van der Waals surface area (Å²) >= 11 is 0. The first-order valence-electron chi connectivity index (χ1n) is 7.98. The van der Waals surface area contributed by atoms with Gasteiger partial charge in [0.05, 0.1) is 17.2 Å². The highest BCUT2D eigenvalue weighted by Crippen LogP contribution is 2.23. The Bertz CT molecular complexity index is 1070. The molecule has 0 saturated heterocycles. The molecule has 1 aromatic heterocycles. The van der Waals surface area contributed by atoms with Crippen LogP contribution >= 0.6 is 0 Å². The molecule has 0 unspecified atom stereocenters. The number of fused-ring (bicyclic) bond motifs is 2. The molecule has 5 heteroatoms. The Labute approximate surface area is 144 Å². The predicted octanol–water partition coefficient (Wildman–Crippen LogP) is 4.49. The van der Waals surface area contributed by atoms with Gasteiger partial charge in [-0.3, -0.25) is 9.78 Å². The van der Waals surface area contributed by atoms with Crippen LogP contribution in [0.2, 0.25) is 0 Å². The second-order valence-electron chi connectivity index (χ2n) is 5.83. The molecule has 0 atom stereocenters. The first-order chi connectivity index (χ1) is 12.2. The van der Waals surface area contributed by atoms with Crippen molar-refractivity contribution in [1.82, 2.24) is 9.97 Å². The quantitative estimate of drug-likeness (QED) is 0.544. The van der Waals surface area contributed by atoms with Gasteiger partial charge >= 0.3 is 0 Å². The van der Waals surface area contributed by atoms with E-state index in [2.05, 4.69) is 32.7 Å². The molecule has 0 radical (unpaired) electrons. The van der Waals surface area contributed by atoms with Gasteiger partial charge in [0.25, 0.3) is 0 Å². The lowest BCUT2D eigenvalue weighted by Gasteiger charge is -2.08. The fourth-order valence-electron chi connectivity index (χ4n) is 2.75. The first-order valence-corrected chi connectivity index (χ1v) is 7.98. The number of carbonyl (C=O) groups is 1. The van der Waals surface area contributed by atoms with E-state index < -0.39 is 0 Å². The van der Waals surface area contributed by atoms with E-state index in [9.17, 15) is 4.79 Å². The number of nitrogens with one attached hydrogen (secondary N) is 2. The van der Waals surface area contributed by atoms with Gasteiger partial charge in [-0.15, -0.1) is 0 Å². The van der Waals surface area contributed by atoms with Gasteiger partial charge in [-0.05, 0) is 47.2 Å². The third kappa shape index (κ3) is 3.26. The van der Waals surface area contributed by atoms with Gasteiger partial charge < -0.3 is 10.6 Å². The van der Waals surface area contributed by atoms with Crippen LogP contribution < -0.4 is 10.6 Å². The summed E-state index contributed by atoms with van der Waals surface area (Å²) < 4.78 is 0. The number of amides is 1. The number of hydrogen-bond donors (Lipinski definition) is 2. The Morgan fingerprint density at radius 2 is 1.52 bits per heavy atom. The highest BCUT2D eigenvalue weighted by molar-refractivity contribution is 5.95. The Hall–Kier alpha value is -3.47. The van der Waals surface area contributed by atoms with E-state index in [0.29, 0.717) is 5.82 Å². The maximum Gasteiger partial charge on any atom is 0.221 e. The molecule has 25 heavy (non-hydrogen) atoms. The number of benzene rings is 3. The van der Waals surface area contributed by atoms with Crippen molar-refractivity contribution in [2.45, 2.75) is 6.92 Å². The standard InChI is InChI=1S/C20H16N4O/c1-13(25)22-16-6-8-17(9-7-16)23-20-12-21-18-10-14-4-2-3-5-15(14)11-19(18)24-20/h2-12H,1H3,(H,22,25)(H,23,24). The second kappa shape index (κ2) is 6.20. The molecule has 5 nitrogen and oxygen atoms in total. The van der Waals surface area contributed by atoms with E-state index in [-0.39, 0.29) is 5.91 Å². The van der Waals surface area contributed by atoms with E-state index in [1.165, 1.54) is 6.92 Å². The van der Waals surface area contributed by atoms with Crippen LogP contribution in [-0.4, -0.2) is 15.9 Å². The van der Waals surface area contributed by atoms with Gasteiger partial charge in [-0.1, -0.05) is 24.3 Å². The molecule has 122 valence electrons. The molecule has 1 heterocycles. The largest absolute Gasteiger partial charge is 0.339 e. The summed E-state index contributed by atoms with van der Waals surface area (Å²) in [5.41, 5.74) is 3.35. The minimum absolute atomic E-state index is 0.0895. The maximum absolute atomic E-state index is 11.1. The van der Waals surface area contributed by atoms with Crippen LogP contribution in [-0.2, 0) is 4.79 Å². The lowest BCUT2D eigenvalue weighted by molar-refractivity contribution is -0.114. The Morgan fingerprint density at radius 3 is 2.20 bits per heavy atom. The third-order valence-electron chi connectivity index (χ3n) is 3.89. The maximum atomic E-state index is 11.1. The molecule has 1 amide bonds. The third-order valence-corrected chi connectivity index (χ3v) is 3.89. The molecular formula is C20H16N4O. The number of anilines is 3. The van der Waals surface area contributed by atoms with Crippen molar-refractivity contribution in [2.75, 3.05) is 10.6 Å². The fraction of sp³-hybridized carbons (Fsp3) is 0.0500. The summed E-state index contributed by atoms with van der Waals surface area (Å²) in [5, 5.41) is 8.27. The molecule has 0 bridgehead atoms. The molecule has 4 aromatic rings. The molecule has 0 aliphatic rings. The Balaban J connectivity index is 1.62. The van der Waals surface area contributed by atoms with Crippen LogP contribution in [0.4, 0.5) is 17.2 Å². The SMILES string of the molecule is CC(=O)Nc1ccc(Nc2cnc3cc4ccccc4cc3n2)cc1. The molecule has 4 rings (SSSR count). The van der Waals surface area contributed by atoms with E-state index in [1.54, 1.807) is 6.20 Å². The molecule has 0 fully saturated rings.